The molecule has 5 nitrogen and oxygen atoms in total. The van der Waals surface area contributed by atoms with Crippen LogP contribution in [0.5, 0.6) is 0 Å². The normalized spacial score (nSPS) is 19.9. The molecular formula is C33H40FN3O2. The lowest BCUT2D eigenvalue weighted by atomic mass is 9.91. The molecule has 0 unspecified atom stereocenters. The molecule has 1 aliphatic heterocycles. The average Bonchev–Trinajstić information content (AvgIpc) is 3.27. The van der Waals surface area contributed by atoms with Gasteiger partial charge in [-0.2, -0.15) is 5.26 Å². The SMILES string of the molecule is CCCCN[C@H](Cc1ccccc1)[C@@H]1OC(C)(C)O[C@H]1[C@@H](Cc1ccccc1)NCc1ccc(F)c(C#N)c1. The Bertz CT molecular complexity index is 1210. The second-order valence-corrected chi connectivity index (χ2v) is 10.8. The minimum Gasteiger partial charge on any atom is -0.343 e. The van der Waals surface area contributed by atoms with Crippen LogP contribution in [-0.4, -0.2) is 36.6 Å². The highest BCUT2D eigenvalue weighted by Crippen LogP contribution is 2.34. The number of hydrogen-bond acceptors (Lipinski definition) is 5. The van der Waals surface area contributed by atoms with E-state index in [9.17, 15) is 9.65 Å². The predicted molar refractivity (Wildman–Crippen MR) is 153 cm³/mol. The van der Waals surface area contributed by atoms with Crippen molar-refractivity contribution in [2.24, 2.45) is 0 Å². The van der Waals surface area contributed by atoms with Crippen LogP contribution in [-0.2, 0) is 28.9 Å². The van der Waals surface area contributed by atoms with Gasteiger partial charge in [0, 0.05) is 18.6 Å². The molecule has 3 aromatic rings. The van der Waals surface area contributed by atoms with Crippen LogP contribution in [0.2, 0.25) is 0 Å². The van der Waals surface area contributed by atoms with E-state index in [1.807, 2.05) is 44.2 Å². The van der Waals surface area contributed by atoms with Gasteiger partial charge in [0.15, 0.2) is 5.79 Å². The molecular weight excluding hydrogens is 489 g/mol. The molecule has 4 atom stereocenters. The van der Waals surface area contributed by atoms with Crippen molar-refractivity contribution in [1.29, 1.82) is 5.26 Å². The molecule has 0 saturated carbocycles. The molecule has 3 aromatic carbocycles. The summed E-state index contributed by atoms with van der Waals surface area (Å²) in [4.78, 5) is 0. The number of nitrogens with zero attached hydrogens (tertiary/aromatic N) is 1. The Balaban J connectivity index is 1.62. The van der Waals surface area contributed by atoms with Crippen molar-refractivity contribution in [2.75, 3.05) is 6.54 Å². The summed E-state index contributed by atoms with van der Waals surface area (Å²) in [5.74, 6) is -1.24. The van der Waals surface area contributed by atoms with E-state index in [4.69, 9.17) is 9.47 Å². The molecule has 2 N–H and O–H groups in total. The quantitative estimate of drug-likeness (QED) is 0.269. The fourth-order valence-electron chi connectivity index (χ4n) is 5.27. The Kier molecular flexibility index (Phi) is 10.2. The Hall–Kier alpha value is -3.08. The predicted octanol–water partition coefficient (Wildman–Crippen LogP) is 5.92. The maximum atomic E-state index is 13.9. The van der Waals surface area contributed by atoms with E-state index in [0.29, 0.717) is 6.54 Å². The monoisotopic (exact) mass is 529 g/mol. The Morgan fingerprint density at radius 3 is 1.95 bits per heavy atom. The number of hydrogen-bond donors (Lipinski definition) is 2. The van der Waals surface area contributed by atoms with Gasteiger partial charge in [-0.25, -0.2) is 4.39 Å². The van der Waals surface area contributed by atoms with Gasteiger partial charge in [-0.1, -0.05) is 80.1 Å². The molecule has 0 aromatic heterocycles. The van der Waals surface area contributed by atoms with Gasteiger partial charge in [0.2, 0.25) is 0 Å². The Morgan fingerprint density at radius 2 is 1.41 bits per heavy atom. The number of unbranched alkanes of at least 4 members (excludes halogenated alkanes) is 1. The first-order valence-electron chi connectivity index (χ1n) is 14.0. The van der Waals surface area contributed by atoms with E-state index >= 15 is 0 Å². The summed E-state index contributed by atoms with van der Waals surface area (Å²) in [6.45, 7) is 7.53. The highest BCUT2D eigenvalue weighted by Gasteiger charge is 2.48. The number of halogens is 1. The molecule has 39 heavy (non-hydrogen) atoms. The van der Waals surface area contributed by atoms with Crippen LogP contribution in [0.15, 0.2) is 78.9 Å². The molecule has 4 rings (SSSR count). The number of rotatable bonds is 13. The number of nitriles is 1. The minimum absolute atomic E-state index is 0.0522. The molecule has 1 saturated heterocycles. The minimum atomic E-state index is -0.739. The van der Waals surface area contributed by atoms with E-state index in [1.165, 1.54) is 17.2 Å². The fourth-order valence-corrected chi connectivity index (χ4v) is 5.27. The summed E-state index contributed by atoms with van der Waals surface area (Å²) < 4.78 is 27.2. The molecule has 1 fully saturated rings. The third-order valence-electron chi connectivity index (χ3n) is 7.21. The first-order chi connectivity index (χ1) is 18.9. The largest absolute Gasteiger partial charge is 0.343 e. The van der Waals surface area contributed by atoms with Crippen molar-refractivity contribution in [3.8, 4) is 6.07 Å². The van der Waals surface area contributed by atoms with E-state index in [-0.39, 0.29) is 29.9 Å². The average molecular weight is 530 g/mol. The zero-order chi connectivity index (χ0) is 27.7. The van der Waals surface area contributed by atoms with Gasteiger partial charge in [0.25, 0.3) is 0 Å². The van der Waals surface area contributed by atoms with Crippen LogP contribution in [0.3, 0.4) is 0 Å². The smallest absolute Gasteiger partial charge is 0.163 e. The summed E-state index contributed by atoms with van der Waals surface area (Å²) >= 11 is 0. The van der Waals surface area contributed by atoms with Gasteiger partial charge >= 0.3 is 0 Å². The molecule has 1 heterocycles. The number of ether oxygens (including phenoxy) is 2. The van der Waals surface area contributed by atoms with Crippen molar-refractivity contribution in [2.45, 2.75) is 83.1 Å². The summed E-state index contributed by atoms with van der Waals surface area (Å²) in [7, 11) is 0. The molecule has 1 aliphatic rings. The second kappa shape index (κ2) is 13.8. The molecule has 0 aliphatic carbocycles. The van der Waals surface area contributed by atoms with Crippen molar-refractivity contribution < 1.29 is 13.9 Å². The van der Waals surface area contributed by atoms with Crippen LogP contribution < -0.4 is 10.6 Å². The van der Waals surface area contributed by atoms with Crippen molar-refractivity contribution in [1.82, 2.24) is 10.6 Å². The van der Waals surface area contributed by atoms with Crippen molar-refractivity contribution in [3.63, 3.8) is 0 Å². The molecule has 206 valence electrons. The highest BCUT2D eigenvalue weighted by molar-refractivity contribution is 5.34. The summed E-state index contributed by atoms with van der Waals surface area (Å²) in [6.07, 6.45) is 3.33. The van der Waals surface area contributed by atoms with E-state index in [2.05, 4.69) is 54.0 Å². The van der Waals surface area contributed by atoms with Gasteiger partial charge < -0.3 is 20.1 Å². The summed E-state index contributed by atoms with van der Waals surface area (Å²) in [5.41, 5.74) is 3.35. The topological polar surface area (TPSA) is 66.3 Å². The van der Waals surface area contributed by atoms with Crippen LogP contribution in [0.1, 0.15) is 55.9 Å². The molecule has 0 spiro atoms. The van der Waals surface area contributed by atoms with Gasteiger partial charge in [0.1, 0.15) is 24.1 Å². The maximum absolute atomic E-state index is 13.9. The van der Waals surface area contributed by atoms with Crippen LogP contribution in [0.25, 0.3) is 0 Å². The summed E-state index contributed by atoms with van der Waals surface area (Å²) in [5, 5.41) is 16.8. The zero-order valence-electron chi connectivity index (χ0n) is 23.2. The van der Waals surface area contributed by atoms with Gasteiger partial charge in [0.05, 0.1) is 5.56 Å². The Labute approximate surface area is 232 Å². The first-order valence-corrected chi connectivity index (χ1v) is 14.0. The lowest BCUT2D eigenvalue weighted by Crippen LogP contribution is -2.54. The lowest BCUT2D eigenvalue weighted by Gasteiger charge is -2.33. The maximum Gasteiger partial charge on any atom is 0.163 e. The van der Waals surface area contributed by atoms with Crippen molar-refractivity contribution >= 4 is 0 Å². The third-order valence-corrected chi connectivity index (χ3v) is 7.21. The van der Waals surface area contributed by atoms with E-state index < -0.39 is 11.6 Å². The third kappa shape index (κ3) is 8.20. The first kappa shape index (κ1) is 28.9. The molecule has 6 heteroatoms. The fraction of sp³-hybridized carbons (Fsp3) is 0.424. The van der Waals surface area contributed by atoms with Crippen LogP contribution in [0, 0.1) is 17.1 Å². The summed E-state index contributed by atoms with van der Waals surface area (Å²) in [6, 6.07) is 27.5. The zero-order valence-corrected chi connectivity index (χ0v) is 23.2. The molecule has 0 amide bonds. The van der Waals surface area contributed by atoms with Gasteiger partial charge in [-0.15, -0.1) is 0 Å². The van der Waals surface area contributed by atoms with Gasteiger partial charge in [-0.3, -0.25) is 0 Å². The van der Waals surface area contributed by atoms with Crippen molar-refractivity contribution in [3.05, 3.63) is 107 Å². The lowest BCUT2D eigenvalue weighted by molar-refractivity contribution is -0.150. The molecule has 0 bridgehead atoms. The van der Waals surface area contributed by atoms with Gasteiger partial charge in [-0.05, 0) is 68.5 Å². The number of benzene rings is 3. The van der Waals surface area contributed by atoms with E-state index in [0.717, 1.165) is 37.8 Å². The second-order valence-electron chi connectivity index (χ2n) is 10.8. The van der Waals surface area contributed by atoms with E-state index in [1.54, 1.807) is 12.1 Å². The number of nitrogens with one attached hydrogen (secondary N) is 2. The molecule has 0 radical (unpaired) electrons. The Morgan fingerprint density at radius 1 is 0.846 bits per heavy atom. The van der Waals surface area contributed by atoms with Crippen LogP contribution >= 0.6 is 0 Å². The van der Waals surface area contributed by atoms with Crippen LogP contribution in [0.4, 0.5) is 4.39 Å². The highest BCUT2D eigenvalue weighted by atomic mass is 19.1. The standard InChI is InChI=1S/C33H40FN3O2/c1-4-5-18-36-29(20-24-12-8-6-9-13-24)31-32(39-33(2,3)38-31)30(21-25-14-10-7-11-15-25)37-23-26-16-17-28(34)27(19-26)22-35/h6-17,19,29-32,36-37H,4-5,18,20-21,23H2,1-3H3/t29-,30-,31+,32+/m1/s1.